The molecule has 38 heavy (non-hydrogen) atoms. The SMILES string of the molecule is N#Cc1c(-c2cccc(CN3CCCNCC3)c2)cc(-c2cccc(F)c2O)nc1NC(=O)c1ccco1. The van der Waals surface area contributed by atoms with Crippen LogP contribution in [0, 0.1) is 17.1 Å². The molecule has 192 valence electrons. The zero-order valence-corrected chi connectivity index (χ0v) is 20.6. The number of aromatic hydroxyl groups is 1. The Kier molecular flexibility index (Phi) is 7.45. The molecule has 2 aromatic heterocycles. The van der Waals surface area contributed by atoms with Gasteiger partial charge in [-0.15, -0.1) is 0 Å². The molecule has 1 saturated heterocycles. The number of phenolic OH excluding ortho intramolecular Hbond substituents is 1. The number of hydrogen-bond acceptors (Lipinski definition) is 7. The molecule has 0 bridgehead atoms. The summed E-state index contributed by atoms with van der Waals surface area (Å²) in [6.45, 7) is 4.61. The number of rotatable bonds is 6. The number of nitriles is 1. The standard InChI is InChI=1S/C29H26FN5O3/c30-24-8-2-7-21(27(24)36)25-16-22(23(17-31)28(33-25)34-29(37)26-9-3-14-38-26)20-6-1-5-19(15-20)18-35-12-4-10-32-11-13-35/h1-3,5-9,14-16,32,36H,4,10-13,18H2,(H,33,34,37). The van der Waals surface area contributed by atoms with Crippen LogP contribution in [0.25, 0.3) is 22.4 Å². The highest BCUT2D eigenvalue weighted by molar-refractivity contribution is 6.03. The molecule has 1 aliphatic rings. The molecule has 0 saturated carbocycles. The minimum Gasteiger partial charge on any atom is -0.504 e. The third-order valence-electron chi connectivity index (χ3n) is 6.45. The summed E-state index contributed by atoms with van der Waals surface area (Å²) >= 11 is 0. The second-order valence-corrected chi connectivity index (χ2v) is 9.04. The predicted molar refractivity (Wildman–Crippen MR) is 141 cm³/mol. The third-order valence-corrected chi connectivity index (χ3v) is 6.45. The van der Waals surface area contributed by atoms with Gasteiger partial charge in [-0.3, -0.25) is 9.69 Å². The first-order valence-electron chi connectivity index (χ1n) is 12.3. The van der Waals surface area contributed by atoms with E-state index in [1.54, 1.807) is 12.1 Å². The van der Waals surface area contributed by atoms with Crippen LogP contribution >= 0.6 is 0 Å². The largest absolute Gasteiger partial charge is 0.504 e. The van der Waals surface area contributed by atoms with E-state index < -0.39 is 17.5 Å². The second kappa shape index (κ2) is 11.3. The number of hydrogen-bond donors (Lipinski definition) is 3. The first-order chi connectivity index (χ1) is 18.5. The zero-order valence-electron chi connectivity index (χ0n) is 20.6. The summed E-state index contributed by atoms with van der Waals surface area (Å²) in [6, 6.07) is 18.8. The Morgan fingerprint density at radius 1 is 1.13 bits per heavy atom. The average molecular weight is 512 g/mol. The van der Waals surface area contributed by atoms with E-state index in [0.29, 0.717) is 5.56 Å². The van der Waals surface area contributed by atoms with Gasteiger partial charge in [0.1, 0.15) is 11.6 Å². The fourth-order valence-electron chi connectivity index (χ4n) is 4.57. The Hall–Kier alpha value is -4.52. The van der Waals surface area contributed by atoms with Gasteiger partial charge in [0, 0.05) is 30.8 Å². The number of benzene rings is 2. The van der Waals surface area contributed by atoms with E-state index in [9.17, 15) is 19.6 Å². The van der Waals surface area contributed by atoms with Gasteiger partial charge in [0.05, 0.1) is 12.0 Å². The molecule has 0 unspecified atom stereocenters. The first-order valence-corrected chi connectivity index (χ1v) is 12.3. The Bertz CT molecular complexity index is 1490. The van der Waals surface area contributed by atoms with Gasteiger partial charge in [-0.1, -0.05) is 24.3 Å². The molecular weight excluding hydrogens is 485 g/mol. The number of furan rings is 1. The van der Waals surface area contributed by atoms with Crippen molar-refractivity contribution >= 4 is 11.7 Å². The number of amides is 1. The molecule has 1 aliphatic heterocycles. The van der Waals surface area contributed by atoms with Crippen molar-refractivity contribution in [2.24, 2.45) is 0 Å². The fraction of sp³-hybridized carbons (Fsp3) is 0.207. The Morgan fingerprint density at radius 2 is 2.00 bits per heavy atom. The lowest BCUT2D eigenvalue weighted by atomic mass is 9.96. The molecule has 0 aliphatic carbocycles. The van der Waals surface area contributed by atoms with Crippen LogP contribution in [0.1, 0.15) is 28.1 Å². The Morgan fingerprint density at radius 3 is 2.82 bits per heavy atom. The summed E-state index contributed by atoms with van der Waals surface area (Å²) in [5, 5.41) is 26.6. The molecule has 9 heteroatoms. The predicted octanol–water partition coefficient (Wildman–Crippen LogP) is 4.77. The Balaban J connectivity index is 1.60. The minimum absolute atomic E-state index is 0.0194. The molecule has 8 nitrogen and oxygen atoms in total. The average Bonchev–Trinajstić information content (AvgIpc) is 3.35. The van der Waals surface area contributed by atoms with Gasteiger partial charge in [-0.05, 0) is 67.0 Å². The number of nitrogens with zero attached hydrogens (tertiary/aromatic N) is 3. The third kappa shape index (κ3) is 5.42. The van der Waals surface area contributed by atoms with Crippen molar-refractivity contribution in [1.29, 1.82) is 5.26 Å². The molecular formula is C29H26FN5O3. The van der Waals surface area contributed by atoms with E-state index in [1.165, 1.54) is 24.5 Å². The molecule has 3 N–H and O–H groups in total. The summed E-state index contributed by atoms with van der Waals surface area (Å²) in [5.41, 5.74) is 2.78. The lowest BCUT2D eigenvalue weighted by molar-refractivity contribution is 0.0996. The number of aromatic nitrogens is 1. The number of carbonyl (C=O) groups is 1. The highest BCUT2D eigenvalue weighted by Gasteiger charge is 2.21. The molecule has 0 spiro atoms. The Labute approximate surface area is 219 Å². The summed E-state index contributed by atoms with van der Waals surface area (Å²) < 4.78 is 19.4. The summed E-state index contributed by atoms with van der Waals surface area (Å²) in [7, 11) is 0. The van der Waals surface area contributed by atoms with Crippen molar-refractivity contribution in [3.63, 3.8) is 0 Å². The summed E-state index contributed by atoms with van der Waals surface area (Å²) in [5.74, 6) is -1.93. The number of nitrogens with one attached hydrogen (secondary N) is 2. The van der Waals surface area contributed by atoms with E-state index in [-0.39, 0.29) is 28.4 Å². The maximum atomic E-state index is 14.2. The fourth-order valence-corrected chi connectivity index (χ4v) is 4.57. The van der Waals surface area contributed by atoms with E-state index in [2.05, 4.69) is 26.6 Å². The smallest absolute Gasteiger partial charge is 0.292 e. The van der Waals surface area contributed by atoms with Crippen LogP contribution in [-0.4, -0.2) is 47.1 Å². The van der Waals surface area contributed by atoms with Crippen LogP contribution in [-0.2, 0) is 6.54 Å². The zero-order chi connectivity index (χ0) is 26.5. The molecule has 4 aromatic rings. The molecule has 1 fully saturated rings. The molecule has 2 aromatic carbocycles. The monoisotopic (exact) mass is 511 g/mol. The maximum absolute atomic E-state index is 14.2. The van der Waals surface area contributed by atoms with Crippen molar-refractivity contribution in [2.75, 3.05) is 31.5 Å². The van der Waals surface area contributed by atoms with Gasteiger partial charge in [0.15, 0.2) is 23.1 Å². The van der Waals surface area contributed by atoms with Crippen LogP contribution in [0.2, 0.25) is 0 Å². The number of anilines is 1. The van der Waals surface area contributed by atoms with Crippen molar-refractivity contribution in [1.82, 2.24) is 15.2 Å². The normalized spacial score (nSPS) is 14.0. The number of pyridine rings is 1. The number of carbonyl (C=O) groups excluding carboxylic acids is 1. The highest BCUT2D eigenvalue weighted by Crippen LogP contribution is 2.37. The van der Waals surface area contributed by atoms with Crippen molar-refractivity contribution in [3.8, 4) is 34.2 Å². The van der Waals surface area contributed by atoms with Crippen LogP contribution < -0.4 is 10.6 Å². The molecule has 0 atom stereocenters. The lowest BCUT2D eigenvalue weighted by Crippen LogP contribution is -2.27. The lowest BCUT2D eigenvalue weighted by Gasteiger charge is -2.20. The summed E-state index contributed by atoms with van der Waals surface area (Å²) in [4.78, 5) is 19.6. The highest BCUT2D eigenvalue weighted by atomic mass is 19.1. The molecule has 3 heterocycles. The number of halogens is 1. The van der Waals surface area contributed by atoms with Gasteiger partial charge >= 0.3 is 0 Å². The number of phenols is 1. The van der Waals surface area contributed by atoms with Crippen LogP contribution in [0.4, 0.5) is 10.2 Å². The van der Waals surface area contributed by atoms with Crippen LogP contribution in [0.15, 0.2) is 71.3 Å². The minimum atomic E-state index is -0.801. The van der Waals surface area contributed by atoms with Crippen molar-refractivity contribution < 1.29 is 18.7 Å². The van der Waals surface area contributed by atoms with Crippen molar-refractivity contribution in [3.05, 3.63) is 89.6 Å². The second-order valence-electron chi connectivity index (χ2n) is 9.04. The summed E-state index contributed by atoms with van der Waals surface area (Å²) in [6.07, 6.45) is 2.44. The van der Waals surface area contributed by atoms with E-state index >= 15 is 0 Å². The first kappa shape index (κ1) is 25.1. The van der Waals surface area contributed by atoms with E-state index in [0.717, 1.165) is 56.3 Å². The van der Waals surface area contributed by atoms with Gasteiger partial charge in [0.2, 0.25) is 0 Å². The van der Waals surface area contributed by atoms with Gasteiger partial charge in [-0.2, -0.15) is 5.26 Å². The van der Waals surface area contributed by atoms with Crippen LogP contribution in [0.3, 0.4) is 0 Å². The van der Waals surface area contributed by atoms with E-state index in [4.69, 9.17) is 4.42 Å². The van der Waals surface area contributed by atoms with Crippen LogP contribution in [0.5, 0.6) is 5.75 Å². The van der Waals surface area contributed by atoms with E-state index in [1.807, 2.05) is 24.3 Å². The maximum Gasteiger partial charge on any atom is 0.292 e. The molecule has 1 amide bonds. The van der Waals surface area contributed by atoms with Crippen molar-refractivity contribution in [2.45, 2.75) is 13.0 Å². The number of para-hydroxylation sites is 1. The van der Waals surface area contributed by atoms with Gasteiger partial charge in [0.25, 0.3) is 5.91 Å². The van der Waals surface area contributed by atoms with Gasteiger partial charge < -0.3 is 20.2 Å². The van der Waals surface area contributed by atoms with Gasteiger partial charge in [-0.25, -0.2) is 9.37 Å². The molecule has 5 rings (SSSR count). The molecule has 0 radical (unpaired) electrons. The topological polar surface area (TPSA) is 114 Å². The quantitative estimate of drug-likeness (QED) is 0.342.